The second-order valence-electron chi connectivity index (χ2n) is 2.33. The standard InChI is InChI=1S/C7H4F3NO3/c8-7(9,10)6(13)14-5-4(12)2-1-3-11-5/h1,3H,2H2. The molecule has 0 saturated heterocycles. The van der Waals surface area contributed by atoms with E-state index in [9.17, 15) is 22.8 Å². The first-order valence-electron chi connectivity index (χ1n) is 3.46. The maximum absolute atomic E-state index is 11.7. The van der Waals surface area contributed by atoms with Gasteiger partial charge in [0.15, 0.2) is 0 Å². The van der Waals surface area contributed by atoms with Gasteiger partial charge in [-0.15, -0.1) is 0 Å². The van der Waals surface area contributed by atoms with Gasteiger partial charge in [-0.2, -0.15) is 13.2 Å². The first-order chi connectivity index (χ1) is 6.41. The Hall–Kier alpha value is -1.66. The average Bonchev–Trinajstić information content (AvgIpc) is 2.07. The van der Waals surface area contributed by atoms with Crippen LogP contribution in [0.3, 0.4) is 0 Å². The lowest BCUT2D eigenvalue weighted by molar-refractivity contribution is -0.191. The second kappa shape index (κ2) is 3.60. The number of carbonyl (C=O) groups is 2. The number of halogens is 3. The number of alkyl halides is 3. The van der Waals surface area contributed by atoms with Crippen LogP contribution < -0.4 is 0 Å². The Bertz CT molecular complexity index is 330. The summed E-state index contributed by atoms with van der Waals surface area (Å²) in [5.74, 6) is -4.03. The van der Waals surface area contributed by atoms with E-state index in [1.54, 1.807) is 0 Å². The molecule has 1 rings (SSSR count). The highest BCUT2D eigenvalue weighted by atomic mass is 19.4. The zero-order chi connectivity index (χ0) is 10.8. The van der Waals surface area contributed by atoms with Crippen molar-refractivity contribution in [3.05, 3.63) is 12.3 Å². The predicted octanol–water partition coefficient (Wildman–Crippen LogP) is 0.977. The van der Waals surface area contributed by atoms with Gasteiger partial charge < -0.3 is 4.74 Å². The summed E-state index contributed by atoms with van der Waals surface area (Å²) in [6.07, 6.45) is -2.80. The molecule has 0 spiro atoms. The topological polar surface area (TPSA) is 55.7 Å². The summed E-state index contributed by atoms with van der Waals surface area (Å²) < 4.78 is 38.8. The second-order valence-corrected chi connectivity index (χ2v) is 2.33. The summed E-state index contributed by atoms with van der Waals surface area (Å²) in [5.41, 5.74) is 0. The quantitative estimate of drug-likeness (QED) is 0.556. The number of hydrogen-bond acceptors (Lipinski definition) is 4. The van der Waals surface area contributed by atoms with Gasteiger partial charge in [-0.05, 0) is 0 Å². The van der Waals surface area contributed by atoms with Crippen LogP contribution >= 0.6 is 0 Å². The normalized spacial score (nSPS) is 16.5. The lowest BCUT2D eigenvalue weighted by atomic mass is 10.2. The van der Waals surface area contributed by atoms with Crippen molar-refractivity contribution in [3.63, 3.8) is 0 Å². The van der Waals surface area contributed by atoms with Crippen molar-refractivity contribution in [3.8, 4) is 0 Å². The van der Waals surface area contributed by atoms with E-state index < -0.39 is 23.8 Å². The van der Waals surface area contributed by atoms with Crippen LogP contribution in [0.5, 0.6) is 0 Å². The summed E-state index contributed by atoms with van der Waals surface area (Å²) in [6, 6.07) is 0. The number of nitrogens with zero attached hydrogens (tertiary/aromatic N) is 1. The number of hydrogen-bond donors (Lipinski definition) is 0. The summed E-state index contributed by atoms with van der Waals surface area (Å²) in [5, 5.41) is 0. The number of ketones is 1. The number of aliphatic imine (C=N–C) groups is 1. The van der Waals surface area contributed by atoms with Gasteiger partial charge in [0.25, 0.3) is 5.90 Å². The van der Waals surface area contributed by atoms with Crippen molar-refractivity contribution in [2.45, 2.75) is 12.6 Å². The zero-order valence-electron chi connectivity index (χ0n) is 6.67. The van der Waals surface area contributed by atoms with Crippen LogP contribution in [0.15, 0.2) is 17.3 Å². The number of Topliss-reactive ketones (excluding diaryl/α,β-unsaturated/α-hetero) is 1. The van der Waals surface area contributed by atoms with Crippen molar-refractivity contribution in [1.29, 1.82) is 0 Å². The molecule has 0 radical (unpaired) electrons. The van der Waals surface area contributed by atoms with Crippen LogP contribution in [-0.2, 0) is 14.3 Å². The highest BCUT2D eigenvalue weighted by molar-refractivity contribution is 6.38. The van der Waals surface area contributed by atoms with E-state index >= 15 is 0 Å². The summed E-state index contributed by atoms with van der Waals surface area (Å²) >= 11 is 0. The fourth-order valence-corrected chi connectivity index (χ4v) is 0.668. The summed E-state index contributed by atoms with van der Waals surface area (Å²) in [4.78, 5) is 24.3. The summed E-state index contributed by atoms with van der Waals surface area (Å²) in [7, 11) is 0. The molecule has 1 aliphatic heterocycles. The van der Waals surface area contributed by atoms with Crippen molar-refractivity contribution in [2.75, 3.05) is 0 Å². The van der Waals surface area contributed by atoms with Gasteiger partial charge in [-0.3, -0.25) is 4.79 Å². The predicted molar refractivity (Wildman–Crippen MR) is 38.3 cm³/mol. The van der Waals surface area contributed by atoms with E-state index in [1.165, 1.54) is 6.08 Å². The molecule has 4 nitrogen and oxygen atoms in total. The van der Waals surface area contributed by atoms with Crippen LogP contribution in [-0.4, -0.2) is 23.8 Å². The summed E-state index contributed by atoms with van der Waals surface area (Å²) in [6.45, 7) is 0. The molecule has 0 fully saturated rings. The van der Waals surface area contributed by atoms with Crippen molar-refractivity contribution in [1.82, 2.24) is 0 Å². The zero-order valence-corrected chi connectivity index (χ0v) is 6.67. The lowest BCUT2D eigenvalue weighted by Crippen LogP contribution is -2.31. The Balaban J connectivity index is 2.69. The first kappa shape index (κ1) is 10.4. The van der Waals surface area contributed by atoms with Crippen molar-refractivity contribution < 1.29 is 27.5 Å². The molecule has 0 aliphatic carbocycles. The number of esters is 1. The van der Waals surface area contributed by atoms with Crippen LogP contribution in [0.2, 0.25) is 0 Å². The number of rotatable bonds is 0. The van der Waals surface area contributed by atoms with Crippen molar-refractivity contribution in [2.24, 2.45) is 4.99 Å². The van der Waals surface area contributed by atoms with Crippen LogP contribution in [0, 0.1) is 0 Å². The molecule has 76 valence electrons. The van der Waals surface area contributed by atoms with E-state index in [-0.39, 0.29) is 6.42 Å². The highest BCUT2D eigenvalue weighted by Crippen LogP contribution is 2.17. The minimum absolute atomic E-state index is 0.121. The van der Waals surface area contributed by atoms with E-state index in [4.69, 9.17) is 0 Å². The van der Waals surface area contributed by atoms with Crippen molar-refractivity contribution >= 4 is 17.7 Å². The minimum Gasteiger partial charge on any atom is -0.397 e. The first-order valence-corrected chi connectivity index (χ1v) is 3.46. The van der Waals surface area contributed by atoms with Gasteiger partial charge in [0, 0.05) is 12.6 Å². The molecule has 14 heavy (non-hydrogen) atoms. The monoisotopic (exact) mass is 207 g/mol. The molecule has 0 atom stereocenters. The molecule has 0 unspecified atom stereocenters. The van der Waals surface area contributed by atoms with E-state index in [0.717, 1.165) is 6.20 Å². The molecule has 7 heteroatoms. The van der Waals surface area contributed by atoms with Gasteiger partial charge in [-0.1, -0.05) is 6.08 Å². The molecule has 0 N–H and O–H groups in total. The Kier molecular flexibility index (Phi) is 2.68. The van der Waals surface area contributed by atoms with E-state index in [2.05, 4.69) is 9.73 Å². The molecule has 0 aromatic heterocycles. The van der Waals surface area contributed by atoms with Crippen LogP contribution in [0.4, 0.5) is 13.2 Å². The van der Waals surface area contributed by atoms with Crippen LogP contribution in [0.25, 0.3) is 0 Å². The Morgan fingerprint density at radius 3 is 2.64 bits per heavy atom. The van der Waals surface area contributed by atoms with Gasteiger partial charge in [0.1, 0.15) is 0 Å². The molecular formula is C7H4F3NO3. The van der Waals surface area contributed by atoms with Gasteiger partial charge in [0.05, 0.1) is 0 Å². The van der Waals surface area contributed by atoms with Gasteiger partial charge >= 0.3 is 12.1 Å². The van der Waals surface area contributed by atoms with Crippen LogP contribution in [0.1, 0.15) is 6.42 Å². The molecule has 0 saturated carbocycles. The Morgan fingerprint density at radius 1 is 1.50 bits per heavy atom. The van der Waals surface area contributed by atoms with E-state index in [0.29, 0.717) is 0 Å². The number of allylic oxidation sites excluding steroid dienone is 1. The minimum atomic E-state index is -5.12. The molecule has 0 aromatic carbocycles. The molecular weight excluding hydrogens is 203 g/mol. The highest BCUT2D eigenvalue weighted by Gasteiger charge is 2.42. The molecule has 1 aliphatic rings. The number of carbonyl (C=O) groups excluding carboxylic acids is 2. The fourth-order valence-electron chi connectivity index (χ4n) is 0.668. The lowest BCUT2D eigenvalue weighted by Gasteiger charge is -2.08. The third-order valence-corrected chi connectivity index (χ3v) is 1.26. The third-order valence-electron chi connectivity index (χ3n) is 1.26. The number of ether oxygens (including phenoxy) is 1. The molecule has 0 aromatic rings. The Morgan fingerprint density at radius 2 is 2.14 bits per heavy atom. The van der Waals surface area contributed by atoms with Gasteiger partial charge in [-0.25, -0.2) is 9.79 Å². The Labute approximate surface area is 76.1 Å². The molecule has 1 heterocycles. The third kappa shape index (κ3) is 2.41. The van der Waals surface area contributed by atoms with E-state index in [1.807, 2.05) is 0 Å². The largest absolute Gasteiger partial charge is 0.491 e. The maximum Gasteiger partial charge on any atom is 0.491 e. The van der Waals surface area contributed by atoms with Gasteiger partial charge in [0.2, 0.25) is 5.78 Å². The maximum atomic E-state index is 11.7. The molecule has 0 amide bonds. The molecule has 0 bridgehead atoms. The smallest absolute Gasteiger partial charge is 0.397 e. The SMILES string of the molecule is O=C1CC=CN=C1OC(=O)C(F)(F)F. The average molecular weight is 207 g/mol. The fraction of sp³-hybridized carbons (Fsp3) is 0.286.